The summed E-state index contributed by atoms with van der Waals surface area (Å²) in [4.78, 5) is 13.2. The number of carbonyl (C=O) groups excluding carboxylic acids is 1. The van der Waals surface area contributed by atoms with Gasteiger partial charge in [-0.25, -0.2) is 0 Å². The molecular formula is C11H12N2O2S. The predicted molar refractivity (Wildman–Crippen MR) is 63.4 cm³/mol. The maximum absolute atomic E-state index is 11.7. The van der Waals surface area contributed by atoms with Gasteiger partial charge in [0, 0.05) is 0 Å². The molecule has 0 bridgehead atoms. The predicted octanol–water partition coefficient (Wildman–Crippen LogP) is 0.783. The van der Waals surface area contributed by atoms with E-state index in [9.17, 15) is 9.90 Å². The van der Waals surface area contributed by atoms with E-state index in [1.165, 1.54) is 4.90 Å². The van der Waals surface area contributed by atoms with E-state index in [0.29, 0.717) is 0 Å². The Morgan fingerprint density at radius 2 is 2.06 bits per heavy atom. The third kappa shape index (κ3) is 1.79. The summed E-state index contributed by atoms with van der Waals surface area (Å²) >= 11 is 5.00. The molecular weight excluding hydrogens is 224 g/mol. The van der Waals surface area contributed by atoms with Gasteiger partial charge in [-0.05, 0) is 24.7 Å². The molecule has 1 fully saturated rings. The van der Waals surface area contributed by atoms with Gasteiger partial charge in [0.25, 0.3) is 5.91 Å². The second-order valence-corrected chi connectivity index (χ2v) is 4.03. The van der Waals surface area contributed by atoms with Crippen LogP contribution in [0, 0.1) is 0 Å². The van der Waals surface area contributed by atoms with Crippen molar-refractivity contribution in [1.29, 1.82) is 0 Å². The Balaban J connectivity index is 2.38. The first-order valence-electron chi connectivity index (χ1n) is 4.97. The van der Waals surface area contributed by atoms with Crippen molar-refractivity contribution in [3.05, 3.63) is 35.9 Å². The second kappa shape index (κ2) is 4.19. The van der Waals surface area contributed by atoms with Gasteiger partial charge < -0.3 is 15.3 Å². The normalized spacial score (nSPS) is 22.1. The van der Waals surface area contributed by atoms with Crippen molar-refractivity contribution in [2.24, 2.45) is 0 Å². The minimum absolute atomic E-state index is 0.197. The molecule has 1 aromatic rings. The van der Waals surface area contributed by atoms with Crippen LogP contribution in [0.3, 0.4) is 0 Å². The molecule has 2 unspecified atom stereocenters. The molecule has 1 aliphatic rings. The number of rotatable bonds is 2. The third-order valence-corrected chi connectivity index (χ3v) is 2.82. The molecule has 4 nitrogen and oxygen atoms in total. The van der Waals surface area contributed by atoms with Crippen LogP contribution in [0.25, 0.3) is 0 Å². The summed E-state index contributed by atoms with van der Waals surface area (Å²) in [6.45, 7) is 1.59. The first kappa shape index (κ1) is 11.0. The van der Waals surface area contributed by atoms with Gasteiger partial charge in [0.05, 0.1) is 0 Å². The molecule has 1 heterocycles. The number of thiocarbonyl (C=S) groups is 1. The van der Waals surface area contributed by atoms with Gasteiger partial charge in [0.1, 0.15) is 12.3 Å². The van der Waals surface area contributed by atoms with Crippen molar-refractivity contribution < 1.29 is 9.90 Å². The van der Waals surface area contributed by atoms with E-state index in [1.807, 2.05) is 30.3 Å². The maximum atomic E-state index is 11.7. The van der Waals surface area contributed by atoms with Crippen molar-refractivity contribution in [2.75, 3.05) is 0 Å². The Morgan fingerprint density at radius 3 is 2.62 bits per heavy atom. The van der Waals surface area contributed by atoms with Crippen molar-refractivity contribution in [3.63, 3.8) is 0 Å². The van der Waals surface area contributed by atoms with Crippen molar-refractivity contribution in [1.82, 2.24) is 10.2 Å². The number of nitrogens with zero attached hydrogens (tertiary/aromatic N) is 1. The van der Waals surface area contributed by atoms with Crippen LogP contribution in [0.15, 0.2) is 30.3 Å². The zero-order chi connectivity index (χ0) is 11.7. The van der Waals surface area contributed by atoms with Crippen molar-refractivity contribution >= 4 is 23.2 Å². The molecule has 5 heteroatoms. The van der Waals surface area contributed by atoms with Crippen molar-refractivity contribution in [3.8, 4) is 0 Å². The van der Waals surface area contributed by atoms with Crippen LogP contribution in [-0.2, 0) is 4.79 Å². The molecule has 84 valence electrons. The molecule has 2 rings (SSSR count). The number of aliphatic hydroxyl groups is 1. The lowest BCUT2D eigenvalue weighted by Gasteiger charge is -2.26. The Hall–Kier alpha value is -1.46. The number of hydrogen-bond acceptors (Lipinski definition) is 3. The Labute approximate surface area is 98.9 Å². The number of amides is 1. The van der Waals surface area contributed by atoms with Gasteiger partial charge in [0.15, 0.2) is 5.11 Å². The molecule has 0 aromatic heterocycles. The summed E-state index contributed by atoms with van der Waals surface area (Å²) in [5.41, 5.74) is 0.820. The number of carbonyl (C=O) groups is 1. The first-order valence-corrected chi connectivity index (χ1v) is 5.38. The van der Waals surface area contributed by atoms with E-state index < -0.39 is 12.3 Å². The summed E-state index contributed by atoms with van der Waals surface area (Å²) < 4.78 is 0. The molecule has 0 aliphatic carbocycles. The quantitative estimate of drug-likeness (QED) is 0.745. The summed E-state index contributed by atoms with van der Waals surface area (Å²) in [6, 6.07) is 8.73. The van der Waals surface area contributed by atoms with Crippen molar-refractivity contribution in [2.45, 2.75) is 19.2 Å². The van der Waals surface area contributed by atoms with Gasteiger partial charge in [0.2, 0.25) is 0 Å². The van der Waals surface area contributed by atoms with Crippen LogP contribution in [0.2, 0.25) is 0 Å². The van der Waals surface area contributed by atoms with Gasteiger partial charge in [-0.2, -0.15) is 0 Å². The number of aliphatic hydroxyl groups excluding tert-OH is 1. The molecule has 1 saturated heterocycles. The fourth-order valence-corrected chi connectivity index (χ4v) is 2.17. The zero-order valence-electron chi connectivity index (χ0n) is 8.75. The highest BCUT2D eigenvalue weighted by molar-refractivity contribution is 7.80. The van der Waals surface area contributed by atoms with Gasteiger partial charge in [-0.3, -0.25) is 4.79 Å². The van der Waals surface area contributed by atoms with Crippen LogP contribution in [0.4, 0.5) is 0 Å². The van der Waals surface area contributed by atoms with E-state index in [0.717, 1.165) is 5.56 Å². The molecule has 1 aliphatic heterocycles. The smallest absolute Gasteiger partial charge is 0.253 e. The number of nitrogens with one attached hydrogen (secondary N) is 1. The number of hydrogen-bond donors (Lipinski definition) is 2. The van der Waals surface area contributed by atoms with Crippen LogP contribution in [-0.4, -0.2) is 27.3 Å². The SMILES string of the molecule is CC(O)N1C(=S)NC(=O)C1c1ccccc1. The van der Waals surface area contributed by atoms with Crippen LogP contribution < -0.4 is 5.32 Å². The fraction of sp³-hybridized carbons (Fsp3) is 0.273. The zero-order valence-corrected chi connectivity index (χ0v) is 9.57. The fourth-order valence-electron chi connectivity index (χ4n) is 1.81. The van der Waals surface area contributed by atoms with E-state index >= 15 is 0 Å². The van der Waals surface area contributed by atoms with Gasteiger partial charge in [-0.1, -0.05) is 30.3 Å². The highest BCUT2D eigenvalue weighted by atomic mass is 32.1. The molecule has 0 spiro atoms. The Kier molecular flexibility index (Phi) is 2.89. The molecule has 0 saturated carbocycles. The standard InChI is InChI=1S/C11H12N2O2S/c1-7(14)13-9(10(15)12-11(13)16)8-5-3-2-4-6-8/h2-7,9,14H,1H3,(H,12,15,16). The maximum Gasteiger partial charge on any atom is 0.253 e. The summed E-state index contributed by atoms with van der Waals surface area (Å²) in [5.74, 6) is -0.197. The van der Waals surface area contributed by atoms with E-state index in [4.69, 9.17) is 12.2 Å². The lowest BCUT2D eigenvalue weighted by Crippen LogP contribution is -2.37. The summed E-state index contributed by atoms with van der Waals surface area (Å²) in [6.07, 6.45) is -0.795. The summed E-state index contributed by atoms with van der Waals surface area (Å²) in [7, 11) is 0. The minimum Gasteiger partial charge on any atom is -0.374 e. The molecule has 2 atom stereocenters. The average Bonchev–Trinajstić information content (AvgIpc) is 2.55. The lowest BCUT2D eigenvalue weighted by atomic mass is 10.1. The Bertz CT molecular complexity index is 419. The summed E-state index contributed by atoms with van der Waals surface area (Å²) in [5, 5.41) is 12.4. The van der Waals surface area contributed by atoms with Crippen LogP contribution >= 0.6 is 12.2 Å². The van der Waals surface area contributed by atoms with Crippen LogP contribution in [0.5, 0.6) is 0 Å². The topological polar surface area (TPSA) is 52.6 Å². The van der Waals surface area contributed by atoms with E-state index in [2.05, 4.69) is 5.32 Å². The molecule has 1 amide bonds. The average molecular weight is 236 g/mol. The van der Waals surface area contributed by atoms with E-state index in [-0.39, 0.29) is 11.0 Å². The van der Waals surface area contributed by atoms with E-state index in [1.54, 1.807) is 6.92 Å². The highest BCUT2D eigenvalue weighted by Crippen LogP contribution is 2.26. The van der Waals surface area contributed by atoms with Gasteiger partial charge >= 0.3 is 0 Å². The molecule has 1 aromatic carbocycles. The highest BCUT2D eigenvalue weighted by Gasteiger charge is 2.38. The first-order chi connectivity index (χ1) is 7.61. The molecule has 0 radical (unpaired) electrons. The molecule has 2 N–H and O–H groups in total. The minimum atomic E-state index is -0.795. The number of benzene rings is 1. The van der Waals surface area contributed by atoms with Crippen LogP contribution in [0.1, 0.15) is 18.5 Å². The largest absolute Gasteiger partial charge is 0.374 e. The monoisotopic (exact) mass is 236 g/mol. The third-order valence-electron chi connectivity index (χ3n) is 2.51. The van der Waals surface area contributed by atoms with Gasteiger partial charge in [-0.15, -0.1) is 0 Å². The lowest BCUT2D eigenvalue weighted by molar-refractivity contribution is -0.123. The Morgan fingerprint density at radius 1 is 1.44 bits per heavy atom. The second-order valence-electron chi connectivity index (χ2n) is 3.65. The molecule has 16 heavy (non-hydrogen) atoms.